The molecule has 8 heteroatoms. The highest BCUT2D eigenvalue weighted by Crippen LogP contribution is 2.30. The molecule has 2 heterocycles. The van der Waals surface area contributed by atoms with Gasteiger partial charge in [0.05, 0.1) is 3.79 Å². The molecule has 1 N–H and O–H groups in total. The number of nitrogens with one attached hydrogen (secondary N) is 1. The Morgan fingerprint density at radius 2 is 2.28 bits per heavy atom. The number of piperazine rings is 1. The maximum Gasteiger partial charge on any atom is 0.253 e. The normalized spacial score (nSPS) is 21.9. The second-order valence-corrected chi connectivity index (χ2v) is 8.47. The minimum atomic E-state index is -3.57. The number of amides is 1. The molecule has 0 aromatic carbocycles. The van der Waals surface area contributed by atoms with Crippen molar-refractivity contribution < 1.29 is 13.2 Å². The predicted octanol–water partition coefficient (Wildman–Crippen LogP) is 1.41. The van der Waals surface area contributed by atoms with Gasteiger partial charge in [-0.25, -0.2) is 8.42 Å². The van der Waals surface area contributed by atoms with Crippen molar-refractivity contribution in [2.24, 2.45) is 0 Å². The van der Waals surface area contributed by atoms with Gasteiger partial charge in [0.2, 0.25) is 5.91 Å². The van der Waals surface area contributed by atoms with E-state index in [9.17, 15) is 13.2 Å². The van der Waals surface area contributed by atoms with Crippen molar-refractivity contribution in [3.8, 4) is 0 Å². The van der Waals surface area contributed by atoms with Crippen molar-refractivity contribution >= 4 is 43.2 Å². The number of nitrogens with zero attached hydrogens (tertiary/aromatic N) is 1. The minimum Gasteiger partial charge on any atom is -0.353 e. The number of carbonyl (C=O) groups is 1. The van der Waals surface area contributed by atoms with Crippen molar-refractivity contribution in [2.75, 3.05) is 13.1 Å². The lowest BCUT2D eigenvalue weighted by Gasteiger charge is -2.32. The third kappa shape index (κ3) is 2.47. The summed E-state index contributed by atoms with van der Waals surface area (Å²) in [6, 6.07) is 2.65. The van der Waals surface area contributed by atoms with Crippen LogP contribution in [0.2, 0.25) is 0 Å². The van der Waals surface area contributed by atoms with Gasteiger partial charge >= 0.3 is 0 Å². The molecule has 0 bridgehead atoms. The molecule has 1 aliphatic rings. The van der Waals surface area contributed by atoms with Gasteiger partial charge in [0.1, 0.15) is 10.3 Å². The highest BCUT2D eigenvalue weighted by atomic mass is 79.9. The van der Waals surface area contributed by atoms with Gasteiger partial charge in [-0.05, 0) is 34.5 Å². The van der Waals surface area contributed by atoms with Crippen molar-refractivity contribution in [1.82, 2.24) is 9.62 Å². The number of halogens is 1. The summed E-state index contributed by atoms with van der Waals surface area (Å²) in [4.78, 5) is 11.7. The number of hydrogen-bond donors (Lipinski definition) is 1. The van der Waals surface area contributed by atoms with Gasteiger partial charge in [0.15, 0.2) is 0 Å². The smallest absolute Gasteiger partial charge is 0.253 e. The van der Waals surface area contributed by atoms with E-state index in [1.165, 1.54) is 4.31 Å². The second kappa shape index (κ2) is 5.28. The monoisotopic (exact) mass is 352 g/mol. The second-order valence-electron chi connectivity index (χ2n) is 3.89. The zero-order chi connectivity index (χ0) is 13.3. The van der Waals surface area contributed by atoms with Crippen LogP contribution in [0.4, 0.5) is 0 Å². The Labute approximate surface area is 118 Å². The van der Waals surface area contributed by atoms with Gasteiger partial charge in [-0.3, -0.25) is 4.79 Å². The Kier molecular flexibility index (Phi) is 4.10. The summed E-state index contributed by atoms with van der Waals surface area (Å²) < 4.78 is 27.2. The van der Waals surface area contributed by atoms with Crippen LogP contribution in [0, 0.1) is 0 Å². The van der Waals surface area contributed by atoms with Crippen LogP contribution in [0.15, 0.2) is 20.1 Å². The van der Waals surface area contributed by atoms with Crippen molar-refractivity contribution in [3.05, 3.63) is 15.9 Å². The van der Waals surface area contributed by atoms with E-state index in [2.05, 4.69) is 21.2 Å². The van der Waals surface area contributed by atoms with Gasteiger partial charge in [0, 0.05) is 13.1 Å². The molecule has 100 valence electrons. The molecule has 0 aliphatic carbocycles. The average Bonchev–Trinajstić information content (AvgIpc) is 2.76. The first-order valence-electron chi connectivity index (χ1n) is 5.51. The van der Waals surface area contributed by atoms with Crippen molar-refractivity contribution in [2.45, 2.75) is 23.6 Å². The standard InChI is InChI=1S/C10H13BrN2O3S2/c1-2-7-10(14)12-5-6-13(7)18(15,16)9-4-3-8(11)17-9/h3-4,7H,2,5-6H2,1H3,(H,12,14). The summed E-state index contributed by atoms with van der Waals surface area (Å²) in [5, 5.41) is 2.69. The molecule has 1 aliphatic heterocycles. The molecule has 18 heavy (non-hydrogen) atoms. The van der Waals surface area contributed by atoms with Crippen LogP contribution in [0.3, 0.4) is 0 Å². The zero-order valence-electron chi connectivity index (χ0n) is 9.72. The molecule has 0 radical (unpaired) electrons. The molecular weight excluding hydrogens is 340 g/mol. The first-order valence-corrected chi connectivity index (χ1v) is 8.56. The maximum atomic E-state index is 12.5. The molecule has 0 saturated carbocycles. The van der Waals surface area contributed by atoms with Crippen molar-refractivity contribution in [1.29, 1.82) is 0 Å². The van der Waals surface area contributed by atoms with E-state index in [-0.39, 0.29) is 10.1 Å². The predicted molar refractivity (Wildman–Crippen MR) is 73.0 cm³/mol. The van der Waals surface area contributed by atoms with Crippen LogP contribution < -0.4 is 5.32 Å². The lowest BCUT2D eigenvalue weighted by atomic mass is 10.2. The summed E-state index contributed by atoms with van der Waals surface area (Å²) in [7, 11) is -3.57. The number of rotatable bonds is 3. The van der Waals surface area contributed by atoms with E-state index in [1.807, 2.05) is 6.92 Å². The average molecular weight is 353 g/mol. The van der Waals surface area contributed by atoms with Crippen LogP contribution in [-0.2, 0) is 14.8 Å². The SMILES string of the molecule is CCC1C(=O)NCCN1S(=O)(=O)c1ccc(Br)s1. The van der Waals surface area contributed by atoms with Crippen LogP contribution in [-0.4, -0.2) is 37.8 Å². The minimum absolute atomic E-state index is 0.219. The molecule has 1 amide bonds. The maximum absolute atomic E-state index is 12.5. The summed E-state index contributed by atoms with van der Waals surface area (Å²) >= 11 is 4.41. The quantitative estimate of drug-likeness (QED) is 0.894. The Morgan fingerprint density at radius 1 is 1.56 bits per heavy atom. The summed E-state index contributed by atoms with van der Waals surface area (Å²) in [5.74, 6) is -0.219. The number of hydrogen-bond acceptors (Lipinski definition) is 4. The molecule has 1 aromatic rings. The molecule has 1 saturated heterocycles. The fraction of sp³-hybridized carbons (Fsp3) is 0.500. The van der Waals surface area contributed by atoms with Gasteiger partial charge in [-0.15, -0.1) is 11.3 Å². The van der Waals surface area contributed by atoms with Gasteiger partial charge < -0.3 is 5.32 Å². The highest BCUT2D eigenvalue weighted by Gasteiger charge is 2.37. The third-order valence-electron chi connectivity index (χ3n) is 2.78. The molecule has 1 unspecified atom stereocenters. The zero-order valence-corrected chi connectivity index (χ0v) is 12.9. The van der Waals surface area contributed by atoms with Crippen LogP contribution in [0.5, 0.6) is 0 Å². The fourth-order valence-electron chi connectivity index (χ4n) is 1.92. The molecular formula is C10H13BrN2O3S2. The lowest BCUT2D eigenvalue weighted by Crippen LogP contribution is -2.56. The Morgan fingerprint density at radius 3 is 2.83 bits per heavy atom. The summed E-state index contributed by atoms with van der Waals surface area (Å²) in [6.45, 7) is 2.49. The van der Waals surface area contributed by atoms with E-state index in [4.69, 9.17) is 0 Å². The molecule has 0 spiro atoms. The molecule has 1 aromatic heterocycles. The lowest BCUT2D eigenvalue weighted by molar-refractivity contribution is -0.126. The number of sulfonamides is 1. The third-order valence-corrected chi connectivity index (χ3v) is 6.78. The van der Waals surface area contributed by atoms with Crippen LogP contribution >= 0.6 is 27.3 Å². The first kappa shape index (κ1) is 14.0. The van der Waals surface area contributed by atoms with Gasteiger partial charge in [-0.2, -0.15) is 4.31 Å². The van der Waals surface area contributed by atoms with Gasteiger partial charge in [-0.1, -0.05) is 6.92 Å². The largest absolute Gasteiger partial charge is 0.353 e. The highest BCUT2D eigenvalue weighted by molar-refractivity contribution is 9.11. The summed E-state index contributed by atoms with van der Waals surface area (Å²) in [6.07, 6.45) is 0.470. The Bertz CT molecular complexity index is 555. The summed E-state index contributed by atoms with van der Waals surface area (Å²) in [5.41, 5.74) is 0. The first-order chi connectivity index (χ1) is 8.46. The topological polar surface area (TPSA) is 66.5 Å². The van der Waals surface area contributed by atoms with E-state index in [0.29, 0.717) is 19.5 Å². The Balaban J connectivity index is 2.37. The van der Waals surface area contributed by atoms with E-state index in [0.717, 1.165) is 15.1 Å². The molecule has 2 rings (SSSR count). The molecule has 1 fully saturated rings. The number of carbonyl (C=O) groups excluding carboxylic acids is 1. The van der Waals surface area contributed by atoms with Crippen molar-refractivity contribution in [3.63, 3.8) is 0 Å². The number of thiophene rings is 1. The van der Waals surface area contributed by atoms with Crippen LogP contribution in [0.25, 0.3) is 0 Å². The molecule has 1 atom stereocenters. The Hall–Kier alpha value is -0.440. The fourth-order valence-corrected chi connectivity index (χ4v) is 5.72. The van der Waals surface area contributed by atoms with E-state index < -0.39 is 16.1 Å². The molecule has 5 nitrogen and oxygen atoms in total. The van der Waals surface area contributed by atoms with Crippen LogP contribution in [0.1, 0.15) is 13.3 Å². The van der Waals surface area contributed by atoms with E-state index in [1.54, 1.807) is 12.1 Å². The van der Waals surface area contributed by atoms with E-state index >= 15 is 0 Å². The van der Waals surface area contributed by atoms with Gasteiger partial charge in [0.25, 0.3) is 10.0 Å².